The molecule has 0 aliphatic carbocycles. The van der Waals surface area contributed by atoms with Crippen molar-refractivity contribution in [2.24, 2.45) is 10.7 Å². The van der Waals surface area contributed by atoms with Crippen LogP contribution in [0.4, 0.5) is 4.79 Å². The number of amides is 3. The number of nitrogens with two attached hydrogens (primary N) is 1. The Hall–Kier alpha value is -1.63. The summed E-state index contributed by atoms with van der Waals surface area (Å²) in [4.78, 5) is 26.3. The Morgan fingerprint density at radius 1 is 1.50 bits per heavy atom. The molecule has 0 saturated carbocycles. The average molecular weight is 169 g/mol. The van der Waals surface area contributed by atoms with Crippen molar-refractivity contribution in [1.29, 1.82) is 0 Å². The van der Waals surface area contributed by atoms with Gasteiger partial charge in [0.15, 0.2) is 6.29 Å². The molecule has 1 unspecified atom stereocenters. The Kier molecular flexibility index (Phi) is 1.28. The van der Waals surface area contributed by atoms with Gasteiger partial charge in [-0.15, -0.1) is 0 Å². The Morgan fingerprint density at radius 2 is 2.17 bits per heavy atom. The number of hydrogen-bond donors (Lipinski definition) is 3. The third kappa shape index (κ3) is 1.10. The van der Waals surface area contributed by atoms with Crippen LogP contribution in [0, 0.1) is 0 Å². The standard InChI is InChI=1S/C5H7N5O2/c6-3-7-4(9-5(12)8-3)10-1-2(10)11/h3H,1,6H2,(H2,7,8,9,12). The van der Waals surface area contributed by atoms with Crippen LogP contribution in [0.15, 0.2) is 4.99 Å². The molecule has 0 radical (unpaired) electrons. The summed E-state index contributed by atoms with van der Waals surface area (Å²) in [7, 11) is 0. The summed E-state index contributed by atoms with van der Waals surface area (Å²) in [6.07, 6.45) is -0.668. The molecule has 2 rings (SSSR count). The molecule has 2 aliphatic heterocycles. The predicted octanol–water partition coefficient (Wildman–Crippen LogP) is -2.26. The van der Waals surface area contributed by atoms with Gasteiger partial charge < -0.3 is 10.6 Å². The smallest absolute Gasteiger partial charge is 0.323 e. The van der Waals surface area contributed by atoms with Crippen molar-refractivity contribution in [3.05, 3.63) is 0 Å². The molecule has 2 aliphatic rings. The van der Waals surface area contributed by atoms with Crippen molar-refractivity contribution in [3.63, 3.8) is 0 Å². The van der Waals surface area contributed by atoms with Crippen LogP contribution in [0.5, 0.6) is 0 Å². The second kappa shape index (κ2) is 2.18. The maximum atomic E-state index is 10.8. The van der Waals surface area contributed by atoms with Crippen LogP contribution in [0.25, 0.3) is 0 Å². The minimum Gasteiger partial charge on any atom is -0.323 e. The highest BCUT2D eigenvalue weighted by Gasteiger charge is 2.37. The van der Waals surface area contributed by atoms with Gasteiger partial charge in [0.25, 0.3) is 0 Å². The fourth-order valence-electron chi connectivity index (χ4n) is 0.900. The van der Waals surface area contributed by atoms with Gasteiger partial charge in [-0.2, -0.15) is 4.99 Å². The molecule has 0 bridgehead atoms. The number of carbonyl (C=O) groups is 2. The number of nitrogens with zero attached hydrogens (tertiary/aromatic N) is 2. The summed E-state index contributed by atoms with van der Waals surface area (Å²) in [5.41, 5.74) is 5.36. The SMILES string of the molecule is NC1NC(=O)N=C(N2CC2=O)N1. The highest BCUT2D eigenvalue weighted by atomic mass is 16.2. The van der Waals surface area contributed by atoms with Gasteiger partial charge in [0.2, 0.25) is 11.9 Å². The van der Waals surface area contributed by atoms with Crippen LogP contribution in [0.2, 0.25) is 0 Å². The molecule has 0 aromatic rings. The molecule has 7 nitrogen and oxygen atoms in total. The lowest BCUT2D eigenvalue weighted by Gasteiger charge is -2.21. The molecule has 4 N–H and O–H groups in total. The van der Waals surface area contributed by atoms with Crippen molar-refractivity contribution in [1.82, 2.24) is 15.5 Å². The van der Waals surface area contributed by atoms with Crippen molar-refractivity contribution in [2.75, 3.05) is 6.54 Å². The third-order valence-electron chi connectivity index (χ3n) is 1.52. The van der Waals surface area contributed by atoms with Gasteiger partial charge in [-0.25, -0.2) is 4.79 Å². The normalized spacial score (nSPS) is 27.6. The third-order valence-corrected chi connectivity index (χ3v) is 1.52. The van der Waals surface area contributed by atoms with Crippen molar-refractivity contribution in [3.8, 4) is 0 Å². The van der Waals surface area contributed by atoms with Gasteiger partial charge in [0.05, 0.1) is 0 Å². The van der Waals surface area contributed by atoms with Gasteiger partial charge in [-0.1, -0.05) is 0 Å². The first-order valence-corrected chi connectivity index (χ1v) is 3.38. The second-order valence-electron chi connectivity index (χ2n) is 2.49. The Labute approximate surface area is 67.6 Å². The number of aliphatic imine (C=N–C) groups is 1. The molecule has 1 fully saturated rings. The molecule has 0 spiro atoms. The number of nitrogens with one attached hydrogen (secondary N) is 2. The van der Waals surface area contributed by atoms with E-state index < -0.39 is 12.3 Å². The molecule has 3 amide bonds. The van der Waals surface area contributed by atoms with Crippen molar-refractivity contribution < 1.29 is 9.59 Å². The van der Waals surface area contributed by atoms with E-state index >= 15 is 0 Å². The second-order valence-corrected chi connectivity index (χ2v) is 2.49. The number of hydrogen-bond acceptors (Lipinski definition) is 4. The maximum Gasteiger partial charge on any atom is 0.346 e. The Bertz CT molecular complexity index is 286. The molecule has 7 heteroatoms. The minimum absolute atomic E-state index is 0.0665. The molecule has 0 aromatic carbocycles. The molecular formula is C5H7N5O2. The lowest BCUT2D eigenvalue weighted by molar-refractivity contribution is -0.112. The summed E-state index contributed by atoms with van der Waals surface area (Å²) in [6.45, 7) is 0.297. The zero-order valence-electron chi connectivity index (χ0n) is 6.07. The predicted molar refractivity (Wildman–Crippen MR) is 38.8 cm³/mol. The van der Waals surface area contributed by atoms with E-state index in [1.807, 2.05) is 0 Å². The molecule has 1 atom stereocenters. The summed E-state index contributed by atoms with van der Waals surface area (Å²) in [6, 6.07) is -0.532. The number of guanidine groups is 1. The summed E-state index contributed by atoms with van der Waals surface area (Å²) in [5, 5.41) is 4.95. The highest BCUT2D eigenvalue weighted by molar-refractivity contribution is 6.12. The van der Waals surface area contributed by atoms with E-state index in [2.05, 4.69) is 15.6 Å². The first-order chi connectivity index (χ1) is 5.66. The summed E-state index contributed by atoms with van der Waals surface area (Å²) < 4.78 is 0. The van der Waals surface area contributed by atoms with Crippen molar-refractivity contribution >= 4 is 17.9 Å². The summed E-state index contributed by atoms with van der Waals surface area (Å²) >= 11 is 0. The zero-order chi connectivity index (χ0) is 8.72. The maximum absolute atomic E-state index is 10.8. The van der Waals surface area contributed by atoms with Crippen LogP contribution in [-0.4, -0.2) is 35.6 Å². The highest BCUT2D eigenvalue weighted by Crippen LogP contribution is 2.07. The average Bonchev–Trinajstić information content (AvgIpc) is 2.64. The molecule has 12 heavy (non-hydrogen) atoms. The van der Waals surface area contributed by atoms with Crippen LogP contribution in [0.3, 0.4) is 0 Å². The Morgan fingerprint density at radius 3 is 2.67 bits per heavy atom. The van der Waals surface area contributed by atoms with E-state index in [-0.39, 0.29) is 11.9 Å². The lowest BCUT2D eigenvalue weighted by atomic mass is 10.6. The van der Waals surface area contributed by atoms with Gasteiger partial charge in [0, 0.05) is 0 Å². The van der Waals surface area contributed by atoms with Gasteiger partial charge in [-0.05, 0) is 0 Å². The van der Waals surface area contributed by atoms with Gasteiger partial charge >= 0.3 is 6.03 Å². The quantitative estimate of drug-likeness (QED) is 0.356. The van der Waals surface area contributed by atoms with Crippen LogP contribution < -0.4 is 16.4 Å². The topological polar surface area (TPSA) is 99.6 Å². The summed E-state index contributed by atoms with van der Waals surface area (Å²) in [5.74, 6) is 0.166. The van der Waals surface area contributed by atoms with Crippen LogP contribution >= 0.6 is 0 Å². The number of urea groups is 1. The molecule has 0 aromatic heterocycles. The van der Waals surface area contributed by atoms with E-state index in [0.717, 1.165) is 0 Å². The van der Waals surface area contributed by atoms with Gasteiger partial charge in [0.1, 0.15) is 6.54 Å². The first-order valence-electron chi connectivity index (χ1n) is 3.38. The van der Waals surface area contributed by atoms with Crippen LogP contribution in [0.1, 0.15) is 0 Å². The van der Waals surface area contributed by atoms with E-state index in [9.17, 15) is 9.59 Å². The van der Waals surface area contributed by atoms with E-state index in [1.54, 1.807) is 0 Å². The van der Waals surface area contributed by atoms with E-state index in [4.69, 9.17) is 5.73 Å². The fraction of sp³-hybridized carbons (Fsp3) is 0.400. The lowest BCUT2D eigenvalue weighted by Crippen LogP contribution is -2.58. The van der Waals surface area contributed by atoms with Gasteiger partial charge in [-0.3, -0.25) is 15.4 Å². The Balaban J connectivity index is 2.14. The zero-order valence-corrected chi connectivity index (χ0v) is 6.07. The van der Waals surface area contributed by atoms with E-state index in [0.29, 0.717) is 6.54 Å². The van der Waals surface area contributed by atoms with Crippen LogP contribution in [-0.2, 0) is 4.79 Å². The minimum atomic E-state index is -0.668. The number of carbonyl (C=O) groups excluding carboxylic acids is 2. The molecule has 1 saturated heterocycles. The molecule has 64 valence electrons. The largest absolute Gasteiger partial charge is 0.346 e. The fourth-order valence-corrected chi connectivity index (χ4v) is 0.900. The molecule has 2 heterocycles. The number of rotatable bonds is 0. The molecular weight excluding hydrogens is 162 g/mol. The first kappa shape index (κ1) is 7.04. The van der Waals surface area contributed by atoms with E-state index in [1.165, 1.54) is 4.90 Å². The monoisotopic (exact) mass is 169 g/mol. The van der Waals surface area contributed by atoms with Crippen molar-refractivity contribution in [2.45, 2.75) is 6.29 Å².